The molecule has 5 nitrogen and oxygen atoms in total. The predicted octanol–water partition coefficient (Wildman–Crippen LogP) is 4.28. The zero-order valence-corrected chi connectivity index (χ0v) is 16.0. The van der Waals surface area contributed by atoms with Gasteiger partial charge in [-0.15, -0.1) is 0 Å². The molecule has 2 rings (SSSR count). The molecule has 2 aromatic carbocycles. The number of halogens is 2. The van der Waals surface area contributed by atoms with Crippen molar-refractivity contribution in [2.24, 2.45) is 5.92 Å². The molecule has 138 valence electrons. The Bertz CT molecular complexity index is 777. The van der Waals surface area contributed by atoms with Gasteiger partial charge in [0, 0.05) is 24.2 Å². The summed E-state index contributed by atoms with van der Waals surface area (Å²) in [7, 11) is 0. The minimum absolute atomic E-state index is 0.0366. The summed E-state index contributed by atoms with van der Waals surface area (Å²) in [5, 5.41) is 6.37. The Kier molecular flexibility index (Phi) is 7.30. The second kappa shape index (κ2) is 9.46. The van der Waals surface area contributed by atoms with Gasteiger partial charge in [0.15, 0.2) is 6.61 Å². The highest BCUT2D eigenvalue weighted by molar-refractivity contribution is 6.42. The zero-order valence-electron chi connectivity index (χ0n) is 14.5. The summed E-state index contributed by atoms with van der Waals surface area (Å²) in [6.45, 7) is 3.90. The molecule has 0 atom stereocenters. The number of hydrogen-bond acceptors (Lipinski definition) is 3. The molecule has 26 heavy (non-hydrogen) atoms. The van der Waals surface area contributed by atoms with E-state index in [1.165, 1.54) is 0 Å². The van der Waals surface area contributed by atoms with Gasteiger partial charge in [0.05, 0.1) is 10.0 Å². The summed E-state index contributed by atoms with van der Waals surface area (Å²) in [6.07, 6.45) is 0. The van der Waals surface area contributed by atoms with Crippen molar-refractivity contribution in [3.8, 4) is 5.75 Å². The molecule has 0 saturated heterocycles. The highest BCUT2D eigenvalue weighted by atomic mass is 35.5. The lowest BCUT2D eigenvalue weighted by molar-refractivity contribution is -0.123. The Balaban J connectivity index is 1.78. The van der Waals surface area contributed by atoms with E-state index in [4.69, 9.17) is 27.9 Å². The van der Waals surface area contributed by atoms with E-state index < -0.39 is 0 Å². The maximum Gasteiger partial charge on any atom is 0.258 e. The fourth-order valence-corrected chi connectivity index (χ4v) is 2.25. The number of carbonyl (C=O) groups excluding carboxylic acids is 2. The number of amides is 2. The molecule has 0 unspecified atom stereocenters. The van der Waals surface area contributed by atoms with Crippen molar-refractivity contribution >= 4 is 40.7 Å². The molecule has 0 aliphatic rings. The molecule has 0 radical (unpaired) electrons. The number of nitrogens with one attached hydrogen (secondary N) is 2. The molecule has 2 amide bonds. The van der Waals surface area contributed by atoms with E-state index in [9.17, 15) is 9.59 Å². The average molecular weight is 395 g/mol. The van der Waals surface area contributed by atoms with Crippen molar-refractivity contribution in [3.05, 3.63) is 58.1 Å². The summed E-state index contributed by atoms with van der Waals surface area (Å²) < 4.78 is 5.37. The minimum atomic E-state index is -0.256. The topological polar surface area (TPSA) is 67.4 Å². The molecule has 0 spiro atoms. The third kappa shape index (κ3) is 6.24. The van der Waals surface area contributed by atoms with E-state index in [1.807, 2.05) is 26.0 Å². The Morgan fingerprint density at radius 3 is 2.35 bits per heavy atom. The number of hydrogen-bond donors (Lipinski definition) is 2. The normalized spacial score (nSPS) is 10.5. The van der Waals surface area contributed by atoms with Crippen LogP contribution in [0.25, 0.3) is 0 Å². The minimum Gasteiger partial charge on any atom is -0.484 e. The molecule has 2 N–H and O–H groups in total. The van der Waals surface area contributed by atoms with Crippen LogP contribution in [0.15, 0.2) is 42.5 Å². The maximum atomic E-state index is 11.9. The second-order valence-corrected chi connectivity index (χ2v) is 6.80. The van der Waals surface area contributed by atoms with Crippen LogP contribution in [-0.4, -0.2) is 18.4 Å². The molecule has 0 heterocycles. The summed E-state index contributed by atoms with van der Waals surface area (Å²) in [4.78, 5) is 23.5. The van der Waals surface area contributed by atoms with Crippen molar-refractivity contribution < 1.29 is 14.3 Å². The molecule has 7 heteroatoms. The molecule has 0 aliphatic carbocycles. The summed E-state index contributed by atoms with van der Waals surface area (Å²) >= 11 is 11.7. The standard InChI is InChI=1S/C19H20Cl2N2O3/c1-12(2)19(25)23-14-5-3-13(4-6-14)10-22-18(24)11-26-15-7-8-16(20)17(21)9-15/h3-9,12H,10-11H2,1-2H3,(H,22,24)(H,23,25). The van der Waals surface area contributed by atoms with Crippen LogP contribution in [-0.2, 0) is 16.1 Å². The van der Waals surface area contributed by atoms with E-state index >= 15 is 0 Å². The van der Waals surface area contributed by atoms with Crippen LogP contribution in [0.3, 0.4) is 0 Å². The quantitative estimate of drug-likeness (QED) is 0.735. The van der Waals surface area contributed by atoms with Gasteiger partial charge in [0.1, 0.15) is 5.75 Å². The Labute approximate surface area is 162 Å². The lowest BCUT2D eigenvalue weighted by Gasteiger charge is -2.10. The molecule has 0 bridgehead atoms. The van der Waals surface area contributed by atoms with Gasteiger partial charge >= 0.3 is 0 Å². The first-order valence-corrected chi connectivity index (χ1v) is 8.85. The van der Waals surface area contributed by atoms with Crippen molar-refractivity contribution in [2.45, 2.75) is 20.4 Å². The molecule has 0 fully saturated rings. The van der Waals surface area contributed by atoms with Crippen LogP contribution in [0.1, 0.15) is 19.4 Å². The lowest BCUT2D eigenvalue weighted by atomic mass is 10.1. The van der Waals surface area contributed by atoms with Gasteiger partial charge in [-0.05, 0) is 29.8 Å². The van der Waals surface area contributed by atoms with E-state index in [0.29, 0.717) is 22.3 Å². The number of anilines is 1. The third-order valence-electron chi connectivity index (χ3n) is 3.50. The predicted molar refractivity (Wildman–Crippen MR) is 104 cm³/mol. The zero-order chi connectivity index (χ0) is 19.1. The van der Waals surface area contributed by atoms with Gasteiger partial charge in [0.2, 0.25) is 5.91 Å². The highest BCUT2D eigenvalue weighted by Gasteiger charge is 2.08. The Morgan fingerprint density at radius 2 is 1.73 bits per heavy atom. The monoisotopic (exact) mass is 394 g/mol. The van der Waals surface area contributed by atoms with Gasteiger partial charge in [-0.3, -0.25) is 9.59 Å². The van der Waals surface area contributed by atoms with E-state index in [0.717, 1.165) is 11.3 Å². The van der Waals surface area contributed by atoms with Crippen LogP contribution in [0.4, 0.5) is 5.69 Å². The van der Waals surface area contributed by atoms with Crippen molar-refractivity contribution in [1.29, 1.82) is 0 Å². The second-order valence-electron chi connectivity index (χ2n) is 5.98. The van der Waals surface area contributed by atoms with Crippen molar-refractivity contribution in [2.75, 3.05) is 11.9 Å². The molecule has 0 aliphatic heterocycles. The van der Waals surface area contributed by atoms with E-state index in [2.05, 4.69) is 10.6 Å². The lowest BCUT2D eigenvalue weighted by Crippen LogP contribution is -2.28. The molecular weight excluding hydrogens is 375 g/mol. The van der Waals surface area contributed by atoms with Gasteiger partial charge in [-0.25, -0.2) is 0 Å². The van der Waals surface area contributed by atoms with Crippen molar-refractivity contribution in [1.82, 2.24) is 5.32 Å². The summed E-state index contributed by atoms with van der Waals surface area (Å²) in [5.41, 5.74) is 1.64. The van der Waals surface area contributed by atoms with Gasteiger partial charge in [-0.1, -0.05) is 49.2 Å². The Hall–Kier alpha value is -2.24. The largest absolute Gasteiger partial charge is 0.484 e. The highest BCUT2D eigenvalue weighted by Crippen LogP contribution is 2.26. The third-order valence-corrected chi connectivity index (χ3v) is 4.24. The average Bonchev–Trinajstić information content (AvgIpc) is 2.62. The van der Waals surface area contributed by atoms with Gasteiger partial charge < -0.3 is 15.4 Å². The van der Waals surface area contributed by atoms with Crippen LogP contribution < -0.4 is 15.4 Å². The number of benzene rings is 2. The first kappa shape index (κ1) is 20.1. The van der Waals surface area contributed by atoms with E-state index in [1.54, 1.807) is 30.3 Å². The molecular formula is C19H20Cl2N2O3. The molecule has 2 aromatic rings. The van der Waals surface area contributed by atoms with Crippen LogP contribution in [0.2, 0.25) is 10.0 Å². The maximum absolute atomic E-state index is 11.9. The van der Waals surface area contributed by atoms with Crippen LogP contribution in [0, 0.1) is 5.92 Å². The van der Waals surface area contributed by atoms with E-state index in [-0.39, 0.29) is 24.3 Å². The fourth-order valence-electron chi connectivity index (χ4n) is 1.96. The summed E-state index contributed by atoms with van der Waals surface area (Å²) in [6, 6.07) is 12.1. The fraction of sp³-hybridized carbons (Fsp3) is 0.263. The SMILES string of the molecule is CC(C)C(=O)Nc1ccc(CNC(=O)COc2ccc(Cl)c(Cl)c2)cc1. The number of carbonyl (C=O) groups is 2. The van der Waals surface area contributed by atoms with Gasteiger partial charge in [-0.2, -0.15) is 0 Å². The van der Waals surface area contributed by atoms with Crippen molar-refractivity contribution in [3.63, 3.8) is 0 Å². The Morgan fingerprint density at radius 1 is 1.04 bits per heavy atom. The first-order chi connectivity index (χ1) is 12.3. The van der Waals surface area contributed by atoms with Crippen LogP contribution >= 0.6 is 23.2 Å². The van der Waals surface area contributed by atoms with Gasteiger partial charge in [0.25, 0.3) is 5.91 Å². The van der Waals surface area contributed by atoms with Crippen LogP contribution in [0.5, 0.6) is 5.75 Å². The smallest absolute Gasteiger partial charge is 0.258 e. The number of rotatable bonds is 7. The first-order valence-electron chi connectivity index (χ1n) is 8.09. The number of ether oxygens (including phenoxy) is 1. The molecule has 0 aromatic heterocycles. The molecule has 0 saturated carbocycles. The summed E-state index contributed by atoms with van der Waals surface area (Å²) in [5.74, 6) is 0.100.